The smallest absolute Gasteiger partial charge is 0.0412 e. The van der Waals surface area contributed by atoms with Gasteiger partial charge in [-0.05, 0) is 25.1 Å². The molecule has 2 fully saturated rings. The first-order valence-corrected chi connectivity index (χ1v) is 8.77. The Balaban J connectivity index is 1.67. The van der Waals surface area contributed by atoms with Gasteiger partial charge in [-0.1, -0.05) is 25.1 Å². The molecule has 4 heteroatoms. The minimum atomic E-state index is 0.606. The van der Waals surface area contributed by atoms with E-state index >= 15 is 0 Å². The van der Waals surface area contributed by atoms with E-state index in [1.54, 1.807) is 0 Å². The maximum absolute atomic E-state index is 3.53. The Morgan fingerprint density at radius 1 is 1.05 bits per heavy atom. The maximum atomic E-state index is 3.53. The van der Waals surface area contributed by atoms with Crippen LogP contribution in [0.5, 0.6) is 0 Å². The fourth-order valence-corrected chi connectivity index (χ4v) is 3.65. The standard InChI is InChI=1S/C18H30N4/c1-3-20-10-12-22(13-11-20)18-7-5-4-6-17(18)15-21-9-8-19-16(2)14-21/h4-7,16,19H,3,8-15H2,1-2H3. The van der Waals surface area contributed by atoms with Crippen molar-refractivity contribution in [2.75, 3.05) is 57.3 Å². The number of benzene rings is 1. The molecule has 0 saturated carbocycles. The molecule has 122 valence electrons. The summed E-state index contributed by atoms with van der Waals surface area (Å²) in [5, 5.41) is 3.53. The van der Waals surface area contributed by atoms with Crippen molar-refractivity contribution >= 4 is 5.69 Å². The van der Waals surface area contributed by atoms with Gasteiger partial charge in [-0.2, -0.15) is 0 Å². The average molecular weight is 302 g/mol. The first-order valence-electron chi connectivity index (χ1n) is 8.77. The van der Waals surface area contributed by atoms with E-state index in [2.05, 4.69) is 58.1 Å². The first-order chi connectivity index (χ1) is 10.8. The van der Waals surface area contributed by atoms with Crippen LogP contribution in [0.3, 0.4) is 0 Å². The monoisotopic (exact) mass is 302 g/mol. The number of rotatable bonds is 4. The van der Waals surface area contributed by atoms with E-state index in [-0.39, 0.29) is 0 Å². The predicted octanol–water partition coefficient (Wildman–Crippen LogP) is 1.62. The summed E-state index contributed by atoms with van der Waals surface area (Å²) in [4.78, 5) is 7.70. The molecule has 0 radical (unpaired) electrons. The summed E-state index contributed by atoms with van der Waals surface area (Å²) in [5.41, 5.74) is 2.94. The van der Waals surface area contributed by atoms with Gasteiger partial charge in [0.2, 0.25) is 0 Å². The minimum Gasteiger partial charge on any atom is -0.369 e. The van der Waals surface area contributed by atoms with Gasteiger partial charge >= 0.3 is 0 Å². The first kappa shape index (κ1) is 15.8. The lowest BCUT2D eigenvalue weighted by atomic mass is 10.1. The summed E-state index contributed by atoms with van der Waals surface area (Å²) >= 11 is 0. The molecule has 1 aromatic rings. The summed E-state index contributed by atoms with van der Waals surface area (Å²) in [6.07, 6.45) is 0. The number of likely N-dealkylation sites (N-methyl/N-ethyl adjacent to an activating group) is 1. The fourth-order valence-electron chi connectivity index (χ4n) is 3.65. The highest BCUT2D eigenvalue weighted by Crippen LogP contribution is 2.23. The summed E-state index contributed by atoms with van der Waals surface area (Å²) in [5.74, 6) is 0. The zero-order valence-corrected chi connectivity index (χ0v) is 14.1. The number of hydrogen-bond acceptors (Lipinski definition) is 4. The maximum Gasteiger partial charge on any atom is 0.0412 e. The van der Waals surface area contributed by atoms with Gasteiger partial charge in [0.25, 0.3) is 0 Å². The van der Waals surface area contributed by atoms with Crippen LogP contribution in [0.15, 0.2) is 24.3 Å². The van der Waals surface area contributed by atoms with Gasteiger partial charge in [0.1, 0.15) is 0 Å². The zero-order valence-electron chi connectivity index (χ0n) is 14.1. The van der Waals surface area contributed by atoms with Crippen LogP contribution in [0.1, 0.15) is 19.4 Å². The molecule has 2 aliphatic rings. The zero-order chi connectivity index (χ0) is 15.4. The van der Waals surface area contributed by atoms with Gasteiger partial charge in [-0.25, -0.2) is 0 Å². The molecule has 2 saturated heterocycles. The largest absolute Gasteiger partial charge is 0.369 e. The number of para-hydroxylation sites is 1. The molecule has 1 N–H and O–H groups in total. The third-order valence-electron chi connectivity index (χ3n) is 5.00. The van der Waals surface area contributed by atoms with Crippen LogP contribution in [-0.2, 0) is 6.54 Å². The molecule has 22 heavy (non-hydrogen) atoms. The lowest BCUT2D eigenvalue weighted by Crippen LogP contribution is -2.49. The molecule has 0 aromatic heterocycles. The van der Waals surface area contributed by atoms with Crippen molar-refractivity contribution in [2.45, 2.75) is 26.4 Å². The van der Waals surface area contributed by atoms with Crippen LogP contribution in [-0.4, -0.2) is 68.2 Å². The number of nitrogens with zero attached hydrogens (tertiary/aromatic N) is 3. The highest BCUT2D eigenvalue weighted by molar-refractivity contribution is 5.54. The number of nitrogens with one attached hydrogen (secondary N) is 1. The lowest BCUT2D eigenvalue weighted by Gasteiger charge is -2.37. The van der Waals surface area contributed by atoms with Gasteiger partial charge in [0.05, 0.1) is 0 Å². The molecule has 3 rings (SSSR count). The van der Waals surface area contributed by atoms with Crippen LogP contribution in [0.2, 0.25) is 0 Å². The molecule has 1 atom stereocenters. The molecule has 0 aliphatic carbocycles. The second kappa shape index (κ2) is 7.44. The number of anilines is 1. The minimum absolute atomic E-state index is 0.606. The summed E-state index contributed by atoms with van der Waals surface area (Å²) < 4.78 is 0. The Kier molecular flexibility index (Phi) is 5.34. The SMILES string of the molecule is CCN1CCN(c2ccccc2CN2CCNC(C)C2)CC1. The molecule has 0 spiro atoms. The Hall–Kier alpha value is -1.10. The van der Waals surface area contributed by atoms with Crippen LogP contribution < -0.4 is 10.2 Å². The van der Waals surface area contributed by atoms with E-state index in [0.29, 0.717) is 6.04 Å². The lowest BCUT2D eigenvalue weighted by molar-refractivity contribution is 0.199. The Bertz CT molecular complexity index is 468. The molecule has 0 amide bonds. The Morgan fingerprint density at radius 2 is 1.82 bits per heavy atom. The number of piperazine rings is 2. The van der Waals surface area contributed by atoms with Crippen molar-refractivity contribution in [1.29, 1.82) is 0 Å². The normalized spacial score (nSPS) is 24.6. The van der Waals surface area contributed by atoms with Crippen LogP contribution in [0.25, 0.3) is 0 Å². The third-order valence-corrected chi connectivity index (χ3v) is 5.00. The Morgan fingerprint density at radius 3 is 2.55 bits per heavy atom. The van der Waals surface area contributed by atoms with Crippen LogP contribution >= 0.6 is 0 Å². The molecule has 2 heterocycles. The summed E-state index contributed by atoms with van der Waals surface area (Å²) in [7, 11) is 0. The topological polar surface area (TPSA) is 21.8 Å². The molecule has 4 nitrogen and oxygen atoms in total. The third kappa shape index (κ3) is 3.80. The van der Waals surface area contributed by atoms with Crippen molar-refractivity contribution in [3.63, 3.8) is 0 Å². The van der Waals surface area contributed by atoms with E-state index in [4.69, 9.17) is 0 Å². The van der Waals surface area contributed by atoms with Gasteiger partial charge in [-0.15, -0.1) is 0 Å². The average Bonchev–Trinajstić information content (AvgIpc) is 2.56. The Labute approximate surface area is 135 Å². The second-order valence-electron chi connectivity index (χ2n) is 6.64. The van der Waals surface area contributed by atoms with Gasteiger partial charge in [0, 0.05) is 64.1 Å². The summed E-state index contributed by atoms with van der Waals surface area (Å²) in [6, 6.07) is 9.60. The van der Waals surface area contributed by atoms with Crippen LogP contribution in [0, 0.1) is 0 Å². The van der Waals surface area contributed by atoms with E-state index in [9.17, 15) is 0 Å². The quantitative estimate of drug-likeness (QED) is 0.912. The highest BCUT2D eigenvalue weighted by Gasteiger charge is 2.20. The molecule has 1 aromatic carbocycles. The van der Waals surface area contributed by atoms with Gasteiger partial charge < -0.3 is 15.1 Å². The predicted molar refractivity (Wildman–Crippen MR) is 93.5 cm³/mol. The van der Waals surface area contributed by atoms with Gasteiger partial charge in [-0.3, -0.25) is 4.90 Å². The van der Waals surface area contributed by atoms with Crippen LogP contribution in [0.4, 0.5) is 5.69 Å². The van der Waals surface area contributed by atoms with Crippen molar-refractivity contribution in [2.24, 2.45) is 0 Å². The van der Waals surface area contributed by atoms with Crippen molar-refractivity contribution in [3.05, 3.63) is 29.8 Å². The molecule has 2 aliphatic heterocycles. The fraction of sp³-hybridized carbons (Fsp3) is 0.667. The van der Waals surface area contributed by atoms with E-state index in [0.717, 1.165) is 39.3 Å². The van der Waals surface area contributed by atoms with Crippen molar-refractivity contribution < 1.29 is 0 Å². The van der Waals surface area contributed by atoms with E-state index in [1.165, 1.54) is 30.9 Å². The molecule has 1 unspecified atom stereocenters. The summed E-state index contributed by atoms with van der Waals surface area (Å²) in [6.45, 7) is 14.9. The number of hydrogen-bond donors (Lipinski definition) is 1. The van der Waals surface area contributed by atoms with E-state index in [1.807, 2.05) is 0 Å². The van der Waals surface area contributed by atoms with Crippen molar-refractivity contribution in [3.8, 4) is 0 Å². The molecule has 0 bridgehead atoms. The second-order valence-corrected chi connectivity index (χ2v) is 6.64. The van der Waals surface area contributed by atoms with Gasteiger partial charge in [0.15, 0.2) is 0 Å². The highest BCUT2D eigenvalue weighted by atomic mass is 15.3. The van der Waals surface area contributed by atoms with E-state index < -0.39 is 0 Å². The van der Waals surface area contributed by atoms with Crippen molar-refractivity contribution in [1.82, 2.24) is 15.1 Å². The molecular weight excluding hydrogens is 272 g/mol. The molecular formula is C18H30N4.